The summed E-state index contributed by atoms with van der Waals surface area (Å²) in [5.74, 6) is 0.876. The molecule has 0 saturated heterocycles. The third-order valence-corrected chi connectivity index (χ3v) is 2.32. The third-order valence-electron chi connectivity index (χ3n) is 2.32. The number of benzene rings is 1. The summed E-state index contributed by atoms with van der Waals surface area (Å²) in [6.45, 7) is 4.29. The quantitative estimate of drug-likeness (QED) is 0.682. The van der Waals surface area contributed by atoms with E-state index in [1.54, 1.807) is 6.07 Å². The topological polar surface area (TPSA) is 36.9 Å². The van der Waals surface area contributed by atoms with Crippen LogP contribution < -0.4 is 0 Å². The Morgan fingerprint density at radius 3 is 2.71 bits per heavy atom. The molecule has 0 unspecified atom stereocenters. The number of nitrogens with zero attached hydrogens (tertiary/aromatic N) is 1. The van der Waals surface area contributed by atoms with E-state index in [9.17, 15) is 0 Å². The molecule has 0 saturated carbocycles. The van der Waals surface area contributed by atoms with Crippen molar-refractivity contribution in [3.63, 3.8) is 0 Å². The molecule has 1 aromatic heterocycles. The molecule has 0 aliphatic heterocycles. The highest BCUT2D eigenvalue weighted by Gasteiger charge is 2.05. The molecule has 0 amide bonds. The second kappa shape index (κ2) is 3.19. The monoisotopic (exact) mass is 185 g/mol. The van der Waals surface area contributed by atoms with Gasteiger partial charge in [0.05, 0.1) is 0 Å². The van der Waals surface area contributed by atoms with E-state index in [0.29, 0.717) is 11.7 Å². The number of fused-ring (bicyclic) bond motifs is 1. The fourth-order valence-corrected chi connectivity index (χ4v) is 1.48. The Morgan fingerprint density at radius 1 is 1.29 bits per heavy atom. The van der Waals surface area contributed by atoms with Crippen molar-refractivity contribution in [3.05, 3.63) is 35.6 Å². The Morgan fingerprint density at radius 2 is 2.07 bits per heavy atom. The minimum Gasteiger partial charge on any atom is -0.446 e. The van der Waals surface area contributed by atoms with Crippen LogP contribution in [0.4, 0.5) is 0 Å². The van der Waals surface area contributed by atoms with Gasteiger partial charge < -0.3 is 4.42 Å². The molecule has 0 aliphatic carbocycles. The maximum atomic E-state index is 8.67. The van der Waals surface area contributed by atoms with Crippen LogP contribution in [0.2, 0.25) is 0 Å². The van der Waals surface area contributed by atoms with Crippen LogP contribution in [-0.4, -0.2) is 0 Å². The molecule has 0 spiro atoms. The number of nitriles is 1. The normalized spacial score (nSPS) is 10.7. The average molecular weight is 185 g/mol. The van der Waals surface area contributed by atoms with Gasteiger partial charge in [0.2, 0.25) is 5.76 Å². The van der Waals surface area contributed by atoms with Crippen molar-refractivity contribution in [2.24, 2.45) is 0 Å². The molecule has 1 heterocycles. The van der Waals surface area contributed by atoms with Gasteiger partial charge in [-0.3, -0.25) is 0 Å². The molecule has 14 heavy (non-hydrogen) atoms. The molecule has 0 N–H and O–H groups in total. The van der Waals surface area contributed by atoms with E-state index in [2.05, 4.69) is 19.9 Å². The van der Waals surface area contributed by atoms with E-state index < -0.39 is 0 Å². The Bertz CT molecular complexity index is 503. The van der Waals surface area contributed by atoms with Gasteiger partial charge in [0.1, 0.15) is 11.7 Å². The lowest BCUT2D eigenvalue weighted by atomic mass is 10.0. The van der Waals surface area contributed by atoms with Gasteiger partial charge in [-0.1, -0.05) is 19.9 Å². The first-order valence-electron chi connectivity index (χ1n) is 4.64. The van der Waals surface area contributed by atoms with Gasteiger partial charge in [-0.25, -0.2) is 0 Å². The minimum absolute atomic E-state index is 0.376. The molecule has 0 aliphatic rings. The number of rotatable bonds is 1. The lowest BCUT2D eigenvalue weighted by Crippen LogP contribution is -1.84. The van der Waals surface area contributed by atoms with E-state index in [0.717, 1.165) is 11.0 Å². The summed E-state index contributed by atoms with van der Waals surface area (Å²) >= 11 is 0. The lowest BCUT2D eigenvalue weighted by Gasteiger charge is -2.03. The van der Waals surface area contributed by atoms with Crippen molar-refractivity contribution in [2.45, 2.75) is 19.8 Å². The predicted molar refractivity (Wildman–Crippen MR) is 55.0 cm³/mol. The Hall–Kier alpha value is -1.75. The average Bonchev–Trinajstić information content (AvgIpc) is 2.58. The van der Waals surface area contributed by atoms with Gasteiger partial charge in [-0.05, 0) is 23.6 Å². The molecule has 0 atom stereocenters. The Labute approximate surface area is 82.8 Å². The third kappa shape index (κ3) is 1.38. The summed E-state index contributed by atoms with van der Waals surface area (Å²) in [5, 5.41) is 9.68. The smallest absolute Gasteiger partial charge is 0.204 e. The van der Waals surface area contributed by atoms with E-state index in [1.807, 2.05) is 18.2 Å². The van der Waals surface area contributed by atoms with Crippen molar-refractivity contribution in [1.82, 2.24) is 0 Å². The molecule has 70 valence electrons. The molecule has 2 nitrogen and oxygen atoms in total. The van der Waals surface area contributed by atoms with E-state index in [4.69, 9.17) is 9.68 Å². The van der Waals surface area contributed by atoms with Crippen molar-refractivity contribution >= 4 is 11.0 Å². The fraction of sp³-hybridized carbons (Fsp3) is 0.250. The predicted octanol–water partition coefficient (Wildman–Crippen LogP) is 3.43. The van der Waals surface area contributed by atoms with Gasteiger partial charge in [0, 0.05) is 11.5 Å². The SMILES string of the molecule is CC(C)c1ccc2oc(C#N)cc2c1. The summed E-state index contributed by atoms with van der Waals surface area (Å²) < 4.78 is 5.29. The standard InChI is InChI=1S/C12H11NO/c1-8(2)9-3-4-12-10(5-9)6-11(7-13)14-12/h3-6,8H,1-2H3. The zero-order valence-corrected chi connectivity index (χ0v) is 8.24. The van der Waals surface area contributed by atoms with Crippen LogP contribution in [0.25, 0.3) is 11.0 Å². The number of hydrogen-bond donors (Lipinski definition) is 0. The van der Waals surface area contributed by atoms with Gasteiger partial charge in [0.25, 0.3) is 0 Å². The Kier molecular flexibility index (Phi) is 2.01. The van der Waals surface area contributed by atoms with Gasteiger partial charge in [-0.2, -0.15) is 5.26 Å². The van der Waals surface area contributed by atoms with Crippen LogP contribution in [0.5, 0.6) is 0 Å². The van der Waals surface area contributed by atoms with Crippen LogP contribution in [0.15, 0.2) is 28.7 Å². The maximum Gasteiger partial charge on any atom is 0.204 e. The van der Waals surface area contributed by atoms with Gasteiger partial charge in [0.15, 0.2) is 0 Å². The largest absolute Gasteiger partial charge is 0.446 e. The highest BCUT2D eigenvalue weighted by molar-refractivity contribution is 5.79. The Balaban J connectivity index is 2.61. The highest BCUT2D eigenvalue weighted by Crippen LogP contribution is 2.23. The zero-order chi connectivity index (χ0) is 10.1. The van der Waals surface area contributed by atoms with Crippen LogP contribution in [0, 0.1) is 11.3 Å². The van der Waals surface area contributed by atoms with Crippen molar-refractivity contribution in [2.75, 3.05) is 0 Å². The first kappa shape index (κ1) is 8.83. The lowest BCUT2D eigenvalue weighted by molar-refractivity contribution is 0.599. The molecule has 1 aromatic carbocycles. The van der Waals surface area contributed by atoms with Gasteiger partial charge in [-0.15, -0.1) is 0 Å². The number of furan rings is 1. The fourth-order valence-electron chi connectivity index (χ4n) is 1.48. The molecule has 2 heteroatoms. The molecule has 0 radical (unpaired) electrons. The first-order chi connectivity index (χ1) is 6.70. The van der Waals surface area contributed by atoms with Crippen molar-refractivity contribution in [1.29, 1.82) is 5.26 Å². The summed E-state index contributed by atoms with van der Waals surface area (Å²) in [6.07, 6.45) is 0. The van der Waals surface area contributed by atoms with Crippen molar-refractivity contribution in [3.8, 4) is 6.07 Å². The maximum absolute atomic E-state index is 8.67. The molecule has 0 bridgehead atoms. The molecular weight excluding hydrogens is 174 g/mol. The number of hydrogen-bond acceptors (Lipinski definition) is 2. The van der Waals surface area contributed by atoms with Crippen LogP contribution >= 0.6 is 0 Å². The zero-order valence-electron chi connectivity index (χ0n) is 8.24. The van der Waals surface area contributed by atoms with Crippen LogP contribution in [-0.2, 0) is 0 Å². The molecular formula is C12H11NO. The van der Waals surface area contributed by atoms with Crippen molar-refractivity contribution < 1.29 is 4.42 Å². The first-order valence-corrected chi connectivity index (χ1v) is 4.64. The molecule has 2 aromatic rings. The second-order valence-electron chi connectivity index (χ2n) is 3.67. The minimum atomic E-state index is 0.376. The summed E-state index contributed by atoms with van der Waals surface area (Å²) in [4.78, 5) is 0. The summed E-state index contributed by atoms with van der Waals surface area (Å²) in [7, 11) is 0. The molecule has 0 fully saturated rings. The van der Waals surface area contributed by atoms with Crippen LogP contribution in [0.1, 0.15) is 31.1 Å². The summed E-state index contributed by atoms with van der Waals surface area (Å²) in [5.41, 5.74) is 2.05. The highest BCUT2D eigenvalue weighted by atomic mass is 16.3. The van der Waals surface area contributed by atoms with E-state index >= 15 is 0 Å². The van der Waals surface area contributed by atoms with E-state index in [-0.39, 0.29) is 0 Å². The molecule has 2 rings (SSSR count). The van der Waals surface area contributed by atoms with Gasteiger partial charge >= 0.3 is 0 Å². The van der Waals surface area contributed by atoms with Crippen LogP contribution in [0.3, 0.4) is 0 Å². The second-order valence-corrected chi connectivity index (χ2v) is 3.67. The van der Waals surface area contributed by atoms with E-state index in [1.165, 1.54) is 5.56 Å². The summed E-state index contributed by atoms with van der Waals surface area (Å²) in [6, 6.07) is 9.81.